The minimum Gasteiger partial charge on any atom is -0.399 e. The Bertz CT molecular complexity index is 653. The SMILES string of the molecule is Cc1cccc(C)c1NC(=O)CSc1ccc(N)cc1F. The Balaban J connectivity index is 1.99. The molecule has 0 saturated carbocycles. The zero-order chi connectivity index (χ0) is 15.4. The van der Waals surface area contributed by atoms with Crippen LogP contribution in [0.25, 0.3) is 0 Å². The van der Waals surface area contributed by atoms with Gasteiger partial charge in [-0.1, -0.05) is 18.2 Å². The van der Waals surface area contributed by atoms with E-state index in [2.05, 4.69) is 5.32 Å². The molecule has 2 aromatic rings. The second-order valence-corrected chi connectivity index (χ2v) is 5.81. The van der Waals surface area contributed by atoms with E-state index in [1.807, 2.05) is 32.0 Å². The smallest absolute Gasteiger partial charge is 0.234 e. The van der Waals surface area contributed by atoms with E-state index in [9.17, 15) is 9.18 Å². The molecule has 0 atom stereocenters. The number of nitrogen functional groups attached to an aromatic ring is 1. The van der Waals surface area contributed by atoms with Gasteiger partial charge >= 0.3 is 0 Å². The van der Waals surface area contributed by atoms with E-state index in [0.717, 1.165) is 28.6 Å². The number of benzene rings is 2. The molecule has 0 radical (unpaired) electrons. The zero-order valence-corrected chi connectivity index (χ0v) is 12.8. The molecule has 0 heterocycles. The van der Waals surface area contributed by atoms with Crippen molar-refractivity contribution in [2.24, 2.45) is 0 Å². The zero-order valence-electron chi connectivity index (χ0n) is 11.9. The summed E-state index contributed by atoms with van der Waals surface area (Å²) in [5, 5.41) is 2.87. The first-order valence-electron chi connectivity index (χ1n) is 6.51. The molecule has 3 N–H and O–H groups in total. The number of thioether (sulfide) groups is 1. The third kappa shape index (κ3) is 3.98. The lowest BCUT2D eigenvalue weighted by molar-refractivity contribution is -0.113. The minimum absolute atomic E-state index is 0.147. The lowest BCUT2D eigenvalue weighted by Gasteiger charge is -2.11. The summed E-state index contributed by atoms with van der Waals surface area (Å²) in [5.41, 5.74) is 8.70. The number of anilines is 2. The molecule has 1 amide bonds. The van der Waals surface area contributed by atoms with Gasteiger partial charge in [0.1, 0.15) is 5.82 Å². The maximum atomic E-state index is 13.6. The van der Waals surface area contributed by atoms with Crippen molar-refractivity contribution in [3.63, 3.8) is 0 Å². The summed E-state index contributed by atoms with van der Waals surface area (Å²) in [5.74, 6) is -0.414. The molecule has 5 heteroatoms. The van der Waals surface area contributed by atoms with Crippen LogP contribution in [0.15, 0.2) is 41.3 Å². The van der Waals surface area contributed by atoms with Crippen LogP contribution in [0.1, 0.15) is 11.1 Å². The number of carbonyl (C=O) groups excluding carboxylic acids is 1. The maximum Gasteiger partial charge on any atom is 0.234 e. The fraction of sp³-hybridized carbons (Fsp3) is 0.188. The van der Waals surface area contributed by atoms with Gasteiger partial charge in [0.15, 0.2) is 0 Å². The monoisotopic (exact) mass is 304 g/mol. The molecule has 0 bridgehead atoms. The second kappa shape index (κ2) is 6.63. The first-order chi connectivity index (χ1) is 9.97. The number of aryl methyl sites for hydroxylation is 2. The number of carbonyl (C=O) groups is 1. The van der Waals surface area contributed by atoms with Crippen LogP contribution in [0.2, 0.25) is 0 Å². The summed E-state index contributed by atoms with van der Waals surface area (Å²) in [4.78, 5) is 12.4. The molecule has 2 aromatic carbocycles. The highest BCUT2D eigenvalue weighted by Crippen LogP contribution is 2.24. The van der Waals surface area contributed by atoms with E-state index in [1.54, 1.807) is 12.1 Å². The molecule has 0 aliphatic heterocycles. The lowest BCUT2D eigenvalue weighted by atomic mass is 10.1. The Hall–Kier alpha value is -2.01. The normalized spacial score (nSPS) is 10.4. The number of rotatable bonds is 4. The fourth-order valence-electron chi connectivity index (χ4n) is 1.96. The van der Waals surface area contributed by atoms with Crippen LogP contribution in [0.3, 0.4) is 0 Å². The lowest BCUT2D eigenvalue weighted by Crippen LogP contribution is -2.15. The van der Waals surface area contributed by atoms with Gasteiger partial charge in [-0.15, -0.1) is 11.8 Å². The van der Waals surface area contributed by atoms with Crippen LogP contribution in [0, 0.1) is 19.7 Å². The van der Waals surface area contributed by atoms with Gasteiger partial charge in [0.2, 0.25) is 5.91 Å². The molecule has 0 aromatic heterocycles. The number of nitrogens with two attached hydrogens (primary N) is 1. The number of hydrogen-bond donors (Lipinski definition) is 2. The van der Waals surface area contributed by atoms with E-state index in [4.69, 9.17) is 5.73 Å². The standard InChI is InChI=1S/C16H17FN2OS/c1-10-4-3-5-11(2)16(10)19-15(20)9-21-14-7-6-12(18)8-13(14)17/h3-8H,9,18H2,1-2H3,(H,19,20). The van der Waals surface area contributed by atoms with E-state index >= 15 is 0 Å². The van der Waals surface area contributed by atoms with E-state index in [0.29, 0.717) is 10.6 Å². The van der Waals surface area contributed by atoms with Gasteiger partial charge in [-0.25, -0.2) is 4.39 Å². The molecule has 21 heavy (non-hydrogen) atoms. The Morgan fingerprint density at radius 3 is 2.52 bits per heavy atom. The number of nitrogens with one attached hydrogen (secondary N) is 1. The molecular weight excluding hydrogens is 287 g/mol. The molecule has 2 rings (SSSR count). The molecule has 0 unspecified atom stereocenters. The van der Waals surface area contributed by atoms with Gasteiger partial charge in [-0.3, -0.25) is 4.79 Å². The van der Waals surface area contributed by atoms with Crippen LogP contribution in [0.5, 0.6) is 0 Å². The highest BCUT2D eigenvalue weighted by molar-refractivity contribution is 8.00. The third-order valence-electron chi connectivity index (χ3n) is 3.06. The average Bonchev–Trinajstić information content (AvgIpc) is 2.42. The fourth-order valence-corrected chi connectivity index (χ4v) is 2.68. The molecule has 0 saturated heterocycles. The van der Waals surface area contributed by atoms with Crippen LogP contribution < -0.4 is 11.1 Å². The topological polar surface area (TPSA) is 55.1 Å². The summed E-state index contributed by atoms with van der Waals surface area (Å²) in [6.07, 6.45) is 0. The maximum absolute atomic E-state index is 13.6. The summed E-state index contributed by atoms with van der Waals surface area (Å²) in [6.45, 7) is 3.88. The van der Waals surface area contributed by atoms with Gasteiger partial charge < -0.3 is 11.1 Å². The quantitative estimate of drug-likeness (QED) is 0.668. The van der Waals surface area contributed by atoms with Gasteiger partial charge in [-0.2, -0.15) is 0 Å². The third-order valence-corrected chi connectivity index (χ3v) is 4.11. The number of halogens is 1. The van der Waals surface area contributed by atoms with Crippen molar-refractivity contribution in [2.75, 3.05) is 16.8 Å². The average molecular weight is 304 g/mol. The Morgan fingerprint density at radius 2 is 1.90 bits per heavy atom. The summed E-state index contributed by atoms with van der Waals surface area (Å²) in [6, 6.07) is 10.3. The van der Waals surface area contributed by atoms with Crippen molar-refractivity contribution >= 4 is 29.0 Å². The molecule has 3 nitrogen and oxygen atoms in total. The molecule has 110 valence electrons. The predicted octanol–water partition coefficient (Wildman–Crippen LogP) is 3.76. The van der Waals surface area contributed by atoms with Crippen molar-refractivity contribution in [2.45, 2.75) is 18.7 Å². The molecule has 0 spiro atoms. The Labute approximate surface area is 127 Å². The van der Waals surface area contributed by atoms with Crippen molar-refractivity contribution in [3.05, 3.63) is 53.3 Å². The summed E-state index contributed by atoms with van der Waals surface area (Å²) in [7, 11) is 0. The number of para-hydroxylation sites is 1. The van der Waals surface area contributed by atoms with E-state index < -0.39 is 5.82 Å². The van der Waals surface area contributed by atoms with Gasteiger partial charge in [0.25, 0.3) is 0 Å². The van der Waals surface area contributed by atoms with E-state index in [1.165, 1.54) is 6.07 Å². The minimum atomic E-state index is -0.403. The second-order valence-electron chi connectivity index (χ2n) is 4.79. The summed E-state index contributed by atoms with van der Waals surface area (Å²) >= 11 is 1.15. The number of hydrogen-bond acceptors (Lipinski definition) is 3. The van der Waals surface area contributed by atoms with Crippen molar-refractivity contribution < 1.29 is 9.18 Å². The number of amides is 1. The highest BCUT2D eigenvalue weighted by Gasteiger charge is 2.10. The van der Waals surface area contributed by atoms with Gasteiger partial charge in [-0.05, 0) is 43.2 Å². The first-order valence-corrected chi connectivity index (χ1v) is 7.50. The largest absolute Gasteiger partial charge is 0.399 e. The van der Waals surface area contributed by atoms with Crippen LogP contribution in [-0.4, -0.2) is 11.7 Å². The van der Waals surface area contributed by atoms with Crippen LogP contribution in [0.4, 0.5) is 15.8 Å². The predicted molar refractivity (Wildman–Crippen MR) is 86.1 cm³/mol. The highest BCUT2D eigenvalue weighted by atomic mass is 32.2. The van der Waals surface area contributed by atoms with E-state index in [-0.39, 0.29) is 11.7 Å². The Morgan fingerprint density at radius 1 is 1.24 bits per heavy atom. The molecular formula is C16H17FN2OS. The van der Waals surface area contributed by atoms with Crippen molar-refractivity contribution in [1.29, 1.82) is 0 Å². The van der Waals surface area contributed by atoms with Crippen LogP contribution in [-0.2, 0) is 4.79 Å². The van der Waals surface area contributed by atoms with Gasteiger partial charge in [0, 0.05) is 16.3 Å². The molecule has 0 fully saturated rings. The van der Waals surface area contributed by atoms with Crippen LogP contribution >= 0.6 is 11.8 Å². The molecule has 0 aliphatic rings. The van der Waals surface area contributed by atoms with Crippen molar-refractivity contribution in [3.8, 4) is 0 Å². The summed E-state index contributed by atoms with van der Waals surface area (Å²) < 4.78 is 13.6. The first kappa shape index (κ1) is 15.4. The Kier molecular flexibility index (Phi) is 4.85. The molecule has 0 aliphatic carbocycles. The van der Waals surface area contributed by atoms with Crippen molar-refractivity contribution in [1.82, 2.24) is 0 Å². The van der Waals surface area contributed by atoms with Gasteiger partial charge in [0.05, 0.1) is 5.75 Å².